The smallest absolute Gasteiger partial charge is 0.376 e. The molecule has 1 fully saturated rings. The quantitative estimate of drug-likeness (QED) is 0.369. The van der Waals surface area contributed by atoms with Gasteiger partial charge in [0.15, 0.2) is 15.4 Å². The molecule has 40 heavy (non-hydrogen) atoms. The Labute approximate surface area is 235 Å². The lowest BCUT2D eigenvalue weighted by molar-refractivity contribution is -0.258. The molecular formula is C26H26F4N2O5S3. The van der Waals surface area contributed by atoms with E-state index in [9.17, 15) is 39.5 Å². The summed E-state index contributed by atoms with van der Waals surface area (Å²) in [5.74, 6) is -1.36. The number of hydrogen-bond acceptors (Lipinski definition) is 7. The third kappa shape index (κ3) is 6.00. The number of nitrogens with zero attached hydrogens (tertiary/aromatic N) is 2. The first-order valence-corrected chi connectivity index (χ1v) is 15.6. The molecule has 0 radical (unpaired) electrons. The first-order valence-electron chi connectivity index (χ1n) is 12.1. The number of sulfone groups is 1. The number of allylic oxidation sites excluding steroid dienone is 4. The Morgan fingerprint density at radius 1 is 1.05 bits per heavy atom. The molecule has 0 spiro atoms. The van der Waals surface area contributed by atoms with Crippen LogP contribution in [0.1, 0.15) is 18.9 Å². The molecule has 0 aromatic heterocycles. The fraction of sp³-hybridized carbons (Fsp3) is 0.346. The molecule has 7 nitrogen and oxygen atoms in total. The second kappa shape index (κ2) is 11.0. The first kappa shape index (κ1) is 30.3. The van der Waals surface area contributed by atoms with Crippen LogP contribution in [0.5, 0.6) is 0 Å². The minimum absolute atomic E-state index is 0.00740. The van der Waals surface area contributed by atoms with Crippen LogP contribution in [-0.2, 0) is 25.5 Å². The van der Waals surface area contributed by atoms with E-state index in [1.165, 1.54) is 30.3 Å². The van der Waals surface area contributed by atoms with Crippen molar-refractivity contribution in [2.45, 2.75) is 36.1 Å². The third-order valence-electron chi connectivity index (χ3n) is 6.91. The lowest BCUT2D eigenvalue weighted by atomic mass is 9.95. The number of benzene rings is 2. The van der Waals surface area contributed by atoms with Crippen LogP contribution in [0.2, 0.25) is 0 Å². The van der Waals surface area contributed by atoms with E-state index in [0.717, 1.165) is 28.6 Å². The standard InChI is InChI=1S/C26H26F4N2O5S3/c1-25(33,26(28,29)30)18-9-11-20(12-10-18)32-14-13-31(40(36,37)24-8-3-2-7-23(24)38)16-21(32)17-39(34,35)22-6-4-5-19(27)15-22/h2-6,8-12,15,21,33H,7,13-14,16-17H2,1H3/t21-,25?/m1/s1. The van der Waals surface area contributed by atoms with Gasteiger partial charge in [-0.1, -0.05) is 42.6 Å². The largest absolute Gasteiger partial charge is 0.421 e. The number of halogens is 4. The van der Waals surface area contributed by atoms with Gasteiger partial charge in [0.1, 0.15) is 5.82 Å². The van der Waals surface area contributed by atoms with Gasteiger partial charge in [-0.25, -0.2) is 21.2 Å². The lowest BCUT2D eigenvalue weighted by Gasteiger charge is -2.42. The van der Waals surface area contributed by atoms with Crippen LogP contribution in [0.15, 0.2) is 76.6 Å². The molecule has 14 heteroatoms. The fourth-order valence-electron chi connectivity index (χ4n) is 4.57. The number of anilines is 1. The van der Waals surface area contributed by atoms with Crippen LogP contribution in [0, 0.1) is 5.82 Å². The molecule has 0 amide bonds. The zero-order valence-corrected chi connectivity index (χ0v) is 23.6. The van der Waals surface area contributed by atoms with Gasteiger partial charge in [-0.05, 0) is 48.9 Å². The van der Waals surface area contributed by atoms with E-state index in [4.69, 9.17) is 12.2 Å². The van der Waals surface area contributed by atoms with Crippen LogP contribution < -0.4 is 4.90 Å². The third-order valence-corrected chi connectivity index (χ3v) is 11.2. The van der Waals surface area contributed by atoms with Crippen molar-refractivity contribution >= 4 is 42.6 Å². The molecule has 2 aromatic rings. The summed E-state index contributed by atoms with van der Waals surface area (Å²) in [5, 5.41) is 10.0. The summed E-state index contributed by atoms with van der Waals surface area (Å²) in [5.41, 5.74) is -3.20. The molecule has 4 rings (SSSR count). The SMILES string of the molecule is CC(O)(c1ccc(N2CCN(S(=O)(=O)C3=CC=CCC3=S)C[C@@H]2CS(=O)(=O)c2cccc(F)c2)cc1)C(F)(F)F. The maximum atomic E-state index is 13.8. The van der Waals surface area contributed by atoms with Gasteiger partial charge in [-0.2, -0.15) is 17.5 Å². The minimum Gasteiger partial charge on any atom is -0.376 e. The number of rotatable bonds is 7. The molecule has 2 aliphatic rings. The first-order chi connectivity index (χ1) is 18.5. The Morgan fingerprint density at radius 2 is 1.73 bits per heavy atom. The minimum atomic E-state index is -4.93. The molecule has 1 unspecified atom stereocenters. The van der Waals surface area contributed by atoms with E-state index in [1.54, 1.807) is 17.1 Å². The average Bonchev–Trinajstić information content (AvgIpc) is 2.88. The summed E-state index contributed by atoms with van der Waals surface area (Å²) in [6.45, 7) is 0.306. The molecule has 1 N–H and O–H groups in total. The van der Waals surface area contributed by atoms with Crippen LogP contribution in [0.4, 0.5) is 23.2 Å². The Kier molecular flexibility index (Phi) is 8.31. The van der Waals surface area contributed by atoms with E-state index in [0.29, 0.717) is 12.6 Å². The predicted octanol–water partition coefficient (Wildman–Crippen LogP) is 4.10. The van der Waals surface area contributed by atoms with Crippen molar-refractivity contribution in [3.05, 3.63) is 83.0 Å². The summed E-state index contributed by atoms with van der Waals surface area (Å²) < 4.78 is 108. The zero-order chi connectivity index (χ0) is 29.5. The van der Waals surface area contributed by atoms with E-state index >= 15 is 0 Å². The van der Waals surface area contributed by atoms with Crippen molar-refractivity contribution in [1.82, 2.24) is 4.31 Å². The normalized spacial score (nSPS) is 20.8. The Morgan fingerprint density at radius 3 is 2.33 bits per heavy atom. The van der Waals surface area contributed by atoms with E-state index in [2.05, 4.69) is 0 Å². The van der Waals surface area contributed by atoms with Crippen molar-refractivity contribution in [3.8, 4) is 0 Å². The van der Waals surface area contributed by atoms with Crippen molar-refractivity contribution in [1.29, 1.82) is 0 Å². The van der Waals surface area contributed by atoms with Gasteiger partial charge in [-0.15, -0.1) is 0 Å². The second-order valence-electron chi connectivity index (χ2n) is 9.65. The lowest BCUT2D eigenvalue weighted by Crippen LogP contribution is -2.57. The molecule has 1 saturated heterocycles. The second-order valence-corrected chi connectivity index (χ2v) is 14.1. The van der Waals surface area contributed by atoms with Crippen LogP contribution >= 0.6 is 12.2 Å². The molecule has 1 aliphatic heterocycles. The zero-order valence-electron chi connectivity index (χ0n) is 21.2. The Balaban J connectivity index is 1.69. The van der Waals surface area contributed by atoms with Crippen molar-refractivity contribution in [3.63, 3.8) is 0 Å². The topological polar surface area (TPSA) is 95.0 Å². The predicted molar refractivity (Wildman–Crippen MR) is 147 cm³/mol. The molecule has 1 aliphatic carbocycles. The van der Waals surface area contributed by atoms with Crippen LogP contribution in [-0.4, -0.2) is 68.7 Å². The van der Waals surface area contributed by atoms with Gasteiger partial charge in [0, 0.05) is 36.6 Å². The summed E-state index contributed by atoms with van der Waals surface area (Å²) in [4.78, 5) is 1.47. The summed E-state index contributed by atoms with van der Waals surface area (Å²) >= 11 is 5.24. The van der Waals surface area contributed by atoms with Crippen LogP contribution in [0.25, 0.3) is 0 Å². The van der Waals surface area contributed by atoms with E-state index < -0.39 is 54.8 Å². The van der Waals surface area contributed by atoms with Gasteiger partial charge in [0.05, 0.1) is 21.6 Å². The van der Waals surface area contributed by atoms with E-state index in [-0.39, 0.29) is 40.7 Å². The molecule has 2 aromatic carbocycles. The average molecular weight is 619 g/mol. The monoisotopic (exact) mass is 618 g/mol. The summed E-state index contributed by atoms with van der Waals surface area (Å²) in [6.07, 6.45) is 0.0124. The number of alkyl halides is 3. The molecule has 216 valence electrons. The molecule has 0 saturated carbocycles. The van der Waals surface area contributed by atoms with Gasteiger partial charge in [-0.3, -0.25) is 0 Å². The summed E-state index contributed by atoms with van der Waals surface area (Å²) in [6, 6.07) is 8.23. The number of aliphatic hydroxyl groups is 1. The molecule has 0 bridgehead atoms. The highest BCUT2D eigenvalue weighted by atomic mass is 32.2. The maximum absolute atomic E-state index is 13.8. The van der Waals surface area contributed by atoms with Gasteiger partial charge in [0.2, 0.25) is 10.0 Å². The number of thiocarbonyl (C=S) groups is 1. The number of hydrogen-bond donors (Lipinski definition) is 1. The van der Waals surface area contributed by atoms with Crippen molar-refractivity contribution in [2.24, 2.45) is 0 Å². The fourth-order valence-corrected chi connectivity index (χ4v) is 8.20. The van der Waals surface area contributed by atoms with Gasteiger partial charge < -0.3 is 10.0 Å². The molecule has 1 heterocycles. The Hall–Kier alpha value is -2.65. The highest BCUT2D eigenvalue weighted by Crippen LogP contribution is 2.39. The van der Waals surface area contributed by atoms with Crippen molar-refractivity contribution in [2.75, 3.05) is 30.3 Å². The number of sulfonamides is 1. The highest BCUT2D eigenvalue weighted by Gasteiger charge is 2.51. The number of piperazine rings is 1. The maximum Gasteiger partial charge on any atom is 0.421 e. The molecule has 2 atom stereocenters. The van der Waals surface area contributed by atoms with Gasteiger partial charge >= 0.3 is 6.18 Å². The summed E-state index contributed by atoms with van der Waals surface area (Å²) in [7, 11) is -8.20. The van der Waals surface area contributed by atoms with Crippen molar-refractivity contribution < 1.29 is 39.5 Å². The van der Waals surface area contributed by atoms with E-state index in [1.807, 2.05) is 0 Å². The highest BCUT2D eigenvalue weighted by molar-refractivity contribution is 7.96. The van der Waals surface area contributed by atoms with Crippen LogP contribution in [0.3, 0.4) is 0 Å². The molecular weight excluding hydrogens is 592 g/mol. The Bertz CT molecular complexity index is 1570. The van der Waals surface area contributed by atoms with Gasteiger partial charge in [0.25, 0.3) is 0 Å².